The van der Waals surface area contributed by atoms with E-state index in [4.69, 9.17) is 14.2 Å². The lowest BCUT2D eigenvalue weighted by molar-refractivity contribution is -0.136. The van der Waals surface area contributed by atoms with Crippen LogP contribution in [0.4, 0.5) is 10.1 Å². The van der Waals surface area contributed by atoms with Crippen molar-refractivity contribution in [3.63, 3.8) is 0 Å². The molecule has 0 fully saturated rings. The number of aliphatic hydroxyl groups excluding tert-OH is 1. The van der Waals surface area contributed by atoms with Crippen molar-refractivity contribution < 1.29 is 28.5 Å². The molecule has 0 saturated heterocycles. The number of hydrogen-bond acceptors (Lipinski definition) is 6. The number of carbonyl (C=O) groups is 1. The molecular weight excluding hydrogens is 365 g/mol. The number of anilines is 1. The van der Waals surface area contributed by atoms with Crippen LogP contribution in [0.1, 0.15) is 17.0 Å². The molecule has 2 aromatic rings. The van der Waals surface area contributed by atoms with E-state index in [-0.39, 0.29) is 19.0 Å². The monoisotopic (exact) mass is 383 g/mol. The van der Waals surface area contributed by atoms with E-state index in [0.717, 1.165) is 11.3 Å². The second-order valence-electron chi connectivity index (χ2n) is 6.85. The minimum absolute atomic E-state index is 0.0938. The van der Waals surface area contributed by atoms with Crippen LogP contribution in [0.5, 0.6) is 11.5 Å². The summed E-state index contributed by atoms with van der Waals surface area (Å²) in [6, 6.07) is 9.94. The Morgan fingerprint density at radius 1 is 1.11 bits per heavy atom. The number of halogens is 1. The lowest BCUT2D eigenvalue weighted by Crippen LogP contribution is -2.33. The molecule has 0 aromatic heterocycles. The quantitative estimate of drug-likeness (QED) is 0.821. The van der Waals surface area contributed by atoms with Gasteiger partial charge in [0.2, 0.25) is 0 Å². The lowest BCUT2D eigenvalue weighted by atomic mass is 9.80. The van der Waals surface area contributed by atoms with E-state index in [1.807, 2.05) is 17.0 Å². The predicted octanol–water partition coefficient (Wildman–Crippen LogP) is 2.35. The van der Waals surface area contributed by atoms with Gasteiger partial charge in [0.05, 0.1) is 17.9 Å². The van der Waals surface area contributed by atoms with Gasteiger partial charge in [-0.3, -0.25) is 0 Å². The highest BCUT2D eigenvalue weighted by molar-refractivity contribution is 5.97. The molecule has 0 aliphatic carbocycles. The zero-order chi connectivity index (χ0) is 19.3. The van der Waals surface area contributed by atoms with Gasteiger partial charge in [-0.25, -0.2) is 9.18 Å². The Bertz CT molecular complexity index is 1000. The number of β-amino-alcohol motifs (C(OH)–C–C–N with tert-alkyl or cyclic N) is 1. The number of fused-ring (bicyclic) bond motifs is 2. The van der Waals surface area contributed by atoms with Gasteiger partial charge in [0.25, 0.3) is 0 Å². The molecule has 3 aliphatic rings. The smallest absolute Gasteiger partial charge is 0.337 e. The van der Waals surface area contributed by atoms with Crippen molar-refractivity contribution in [1.82, 2.24) is 0 Å². The highest BCUT2D eigenvalue weighted by Crippen LogP contribution is 2.50. The molecule has 1 atom stereocenters. The summed E-state index contributed by atoms with van der Waals surface area (Å²) < 4.78 is 30.8. The average molecular weight is 383 g/mol. The summed E-state index contributed by atoms with van der Waals surface area (Å²) in [6.45, 7) is 1.22. The van der Waals surface area contributed by atoms with Crippen LogP contribution in [0.25, 0.3) is 0 Å². The van der Waals surface area contributed by atoms with Crippen LogP contribution in [0.2, 0.25) is 0 Å². The van der Waals surface area contributed by atoms with Crippen molar-refractivity contribution >= 4 is 11.7 Å². The van der Waals surface area contributed by atoms with Crippen LogP contribution in [0.15, 0.2) is 47.7 Å². The van der Waals surface area contributed by atoms with Crippen LogP contribution >= 0.6 is 0 Å². The number of nitrogens with zero attached hydrogens (tertiary/aromatic N) is 1. The van der Waals surface area contributed by atoms with Crippen molar-refractivity contribution in [1.29, 1.82) is 0 Å². The summed E-state index contributed by atoms with van der Waals surface area (Å²) in [4.78, 5) is 14.5. The van der Waals surface area contributed by atoms with Crippen LogP contribution < -0.4 is 14.4 Å². The number of carbonyl (C=O) groups excluding carboxylic acids is 1. The van der Waals surface area contributed by atoms with E-state index in [2.05, 4.69) is 0 Å². The molecular formula is C21H18FNO5. The van der Waals surface area contributed by atoms with Crippen molar-refractivity contribution in [3.8, 4) is 11.5 Å². The summed E-state index contributed by atoms with van der Waals surface area (Å²) >= 11 is 0. The van der Waals surface area contributed by atoms with E-state index >= 15 is 0 Å². The van der Waals surface area contributed by atoms with Gasteiger partial charge in [-0.2, -0.15) is 0 Å². The molecule has 0 amide bonds. The van der Waals surface area contributed by atoms with Crippen molar-refractivity contribution in [2.45, 2.75) is 5.92 Å². The number of aliphatic hydroxyl groups is 1. The van der Waals surface area contributed by atoms with E-state index in [1.54, 1.807) is 12.1 Å². The first-order valence-corrected chi connectivity index (χ1v) is 9.15. The summed E-state index contributed by atoms with van der Waals surface area (Å²) in [7, 11) is 0. The predicted molar refractivity (Wildman–Crippen MR) is 98.1 cm³/mol. The van der Waals surface area contributed by atoms with Gasteiger partial charge in [0, 0.05) is 24.2 Å². The Balaban J connectivity index is 1.77. The van der Waals surface area contributed by atoms with Crippen molar-refractivity contribution in [2.24, 2.45) is 0 Å². The number of benzene rings is 2. The Kier molecular flexibility index (Phi) is 3.98. The van der Waals surface area contributed by atoms with Crippen LogP contribution in [-0.4, -0.2) is 44.0 Å². The molecule has 0 saturated carbocycles. The summed E-state index contributed by atoms with van der Waals surface area (Å²) in [5, 5.41) is 9.59. The molecule has 0 bridgehead atoms. The molecule has 28 heavy (non-hydrogen) atoms. The molecule has 3 aliphatic heterocycles. The second-order valence-corrected chi connectivity index (χ2v) is 6.85. The van der Waals surface area contributed by atoms with Gasteiger partial charge in [0.15, 0.2) is 11.5 Å². The molecule has 2 aromatic carbocycles. The largest absolute Gasteiger partial charge is 0.486 e. The molecule has 144 valence electrons. The zero-order valence-electron chi connectivity index (χ0n) is 15.0. The fourth-order valence-electron chi connectivity index (χ4n) is 4.16. The first-order valence-electron chi connectivity index (χ1n) is 9.15. The number of hydrogen-bond donors (Lipinski definition) is 1. The molecule has 3 heterocycles. The van der Waals surface area contributed by atoms with Gasteiger partial charge >= 0.3 is 5.97 Å². The van der Waals surface area contributed by atoms with Gasteiger partial charge < -0.3 is 24.2 Å². The number of esters is 1. The van der Waals surface area contributed by atoms with Gasteiger partial charge in [-0.15, -0.1) is 0 Å². The van der Waals surface area contributed by atoms with Crippen molar-refractivity contribution in [3.05, 3.63) is 64.6 Å². The van der Waals surface area contributed by atoms with Gasteiger partial charge in [-0.1, -0.05) is 12.1 Å². The Labute approximate surface area is 160 Å². The summed E-state index contributed by atoms with van der Waals surface area (Å²) in [5.41, 5.74) is 3.42. The minimum Gasteiger partial charge on any atom is -0.486 e. The summed E-state index contributed by atoms with van der Waals surface area (Å²) in [5.74, 6) is -0.0805. The normalized spacial score (nSPS) is 20.0. The Hall–Kier alpha value is -3.06. The molecule has 1 unspecified atom stereocenters. The maximum atomic E-state index is 14.0. The van der Waals surface area contributed by atoms with Crippen LogP contribution in [0.3, 0.4) is 0 Å². The Morgan fingerprint density at radius 3 is 2.64 bits per heavy atom. The maximum Gasteiger partial charge on any atom is 0.337 e. The summed E-state index contributed by atoms with van der Waals surface area (Å²) in [6.07, 6.45) is 0. The highest BCUT2D eigenvalue weighted by Gasteiger charge is 2.42. The molecule has 7 heteroatoms. The molecule has 6 nitrogen and oxygen atoms in total. The SMILES string of the molecule is O=C1OCC2=C1C(c1cccc(F)c1)c1cc3c(cc1N2CCO)OCCO3. The highest BCUT2D eigenvalue weighted by atomic mass is 19.1. The molecule has 0 radical (unpaired) electrons. The van der Waals surface area contributed by atoms with Crippen molar-refractivity contribution in [2.75, 3.05) is 37.9 Å². The molecule has 5 rings (SSSR count). The first-order chi connectivity index (χ1) is 13.7. The van der Waals surface area contributed by atoms with Gasteiger partial charge in [-0.05, 0) is 29.3 Å². The first kappa shape index (κ1) is 17.1. The van der Waals surface area contributed by atoms with Crippen LogP contribution in [-0.2, 0) is 9.53 Å². The fourth-order valence-corrected chi connectivity index (χ4v) is 4.16. The maximum absolute atomic E-state index is 14.0. The van der Waals surface area contributed by atoms with E-state index < -0.39 is 11.9 Å². The third-order valence-electron chi connectivity index (χ3n) is 5.28. The number of ether oxygens (including phenoxy) is 3. The lowest BCUT2D eigenvalue weighted by Gasteiger charge is -2.36. The second kappa shape index (κ2) is 6.53. The van der Waals surface area contributed by atoms with E-state index in [0.29, 0.717) is 48.1 Å². The third-order valence-corrected chi connectivity index (χ3v) is 5.28. The Morgan fingerprint density at radius 2 is 1.89 bits per heavy atom. The number of rotatable bonds is 3. The fraction of sp³-hybridized carbons (Fsp3) is 0.286. The van der Waals surface area contributed by atoms with Crippen LogP contribution in [0, 0.1) is 5.82 Å². The van der Waals surface area contributed by atoms with Gasteiger partial charge in [0.1, 0.15) is 25.6 Å². The molecule has 1 N–H and O–H groups in total. The third kappa shape index (κ3) is 2.54. The average Bonchev–Trinajstić information content (AvgIpc) is 3.08. The molecule has 0 spiro atoms. The minimum atomic E-state index is -0.485. The van der Waals surface area contributed by atoms with E-state index in [1.165, 1.54) is 12.1 Å². The standard InChI is InChI=1S/C21H18FNO5/c22-13-3-1-2-12(8-13)19-14-9-17-18(27-7-6-26-17)10-15(14)23(4-5-24)16-11-28-21(25)20(16)19/h1-3,8-10,19,24H,4-7,11H2. The zero-order valence-corrected chi connectivity index (χ0v) is 15.0. The topological polar surface area (TPSA) is 68.2 Å². The number of cyclic esters (lactones) is 1. The van der Waals surface area contributed by atoms with E-state index in [9.17, 15) is 14.3 Å².